The van der Waals surface area contributed by atoms with Gasteiger partial charge < -0.3 is 10.5 Å². The molecule has 0 radical (unpaired) electrons. The minimum atomic E-state index is -3.67. The Morgan fingerprint density at radius 2 is 2.17 bits per heavy atom. The number of sulfonamides is 1. The van der Waals surface area contributed by atoms with Crippen molar-refractivity contribution in [3.63, 3.8) is 0 Å². The van der Waals surface area contributed by atoms with Crippen LogP contribution in [0.25, 0.3) is 0 Å². The molecule has 8 heteroatoms. The molecule has 0 saturated carbocycles. The zero-order valence-electron chi connectivity index (χ0n) is 9.91. The van der Waals surface area contributed by atoms with Crippen molar-refractivity contribution in [3.8, 4) is 5.75 Å². The summed E-state index contributed by atoms with van der Waals surface area (Å²) in [6, 6.07) is 2.47. The number of methoxy groups -OCH3 is 1. The first-order valence-corrected chi connectivity index (χ1v) is 7.72. The van der Waals surface area contributed by atoms with E-state index in [4.69, 9.17) is 22.1 Å². The standard InChI is InChI=1S/C10H14BrClN2O3S/c1-6(5-13)14-18(15,16)10-4-8(12)9(17-2)3-7(10)11/h3-4,6,14H,5,13H2,1-2H3/t6-/m0/s1. The number of hydrogen-bond donors (Lipinski definition) is 2. The van der Waals surface area contributed by atoms with Gasteiger partial charge >= 0.3 is 0 Å². The second-order valence-corrected chi connectivity index (χ2v) is 6.62. The van der Waals surface area contributed by atoms with E-state index in [0.29, 0.717) is 10.2 Å². The van der Waals surface area contributed by atoms with E-state index < -0.39 is 10.0 Å². The van der Waals surface area contributed by atoms with Gasteiger partial charge in [0.2, 0.25) is 10.0 Å². The quantitative estimate of drug-likeness (QED) is 0.841. The number of benzene rings is 1. The Morgan fingerprint density at radius 3 is 2.67 bits per heavy atom. The van der Waals surface area contributed by atoms with E-state index in [9.17, 15) is 8.42 Å². The SMILES string of the molecule is COc1cc(Br)c(S(=O)(=O)N[C@@H](C)CN)cc1Cl. The van der Waals surface area contributed by atoms with Crippen molar-refractivity contribution in [2.75, 3.05) is 13.7 Å². The second kappa shape index (κ2) is 6.21. The molecule has 1 aromatic carbocycles. The normalized spacial score (nSPS) is 13.4. The lowest BCUT2D eigenvalue weighted by Crippen LogP contribution is -2.37. The molecule has 0 fully saturated rings. The third-order valence-electron chi connectivity index (χ3n) is 2.21. The Hall–Kier alpha value is -0.340. The molecule has 18 heavy (non-hydrogen) atoms. The van der Waals surface area contributed by atoms with Crippen LogP contribution >= 0.6 is 27.5 Å². The summed E-state index contributed by atoms with van der Waals surface area (Å²) in [5.41, 5.74) is 5.39. The maximum atomic E-state index is 12.1. The van der Waals surface area contributed by atoms with Crippen LogP contribution < -0.4 is 15.2 Å². The molecule has 0 unspecified atom stereocenters. The van der Waals surface area contributed by atoms with Crippen LogP contribution in [0.2, 0.25) is 5.02 Å². The number of ether oxygens (including phenoxy) is 1. The van der Waals surface area contributed by atoms with Gasteiger partial charge in [-0.3, -0.25) is 0 Å². The molecule has 0 spiro atoms. The highest BCUT2D eigenvalue weighted by molar-refractivity contribution is 9.10. The third-order valence-corrected chi connectivity index (χ3v) is 5.05. The van der Waals surface area contributed by atoms with Crippen molar-refractivity contribution >= 4 is 37.6 Å². The fraction of sp³-hybridized carbons (Fsp3) is 0.400. The molecule has 0 aliphatic rings. The summed E-state index contributed by atoms with van der Waals surface area (Å²) in [6.07, 6.45) is 0. The molecule has 3 N–H and O–H groups in total. The average Bonchev–Trinajstić information content (AvgIpc) is 2.30. The van der Waals surface area contributed by atoms with Crippen molar-refractivity contribution < 1.29 is 13.2 Å². The number of nitrogens with two attached hydrogens (primary N) is 1. The largest absolute Gasteiger partial charge is 0.495 e. The summed E-state index contributed by atoms with van der Waals surface area (Å²) in [6.45, 7) is 1.89. The van der Waals surface area contributed by atoms with E-state index >= 15 is 0 Å². The number of hydrogen-bond acceptors (Lipinski definition) is 4. The van der Waals surface area contributed by atoms with Crippen LogP contribution in [0.15, 0.2) is 21.5 Å². The van der Waals surface area contributed by atoms with Crippen LogP contribution in [0, 0.1) is 0 Å². The van der Waals surface area contributed by atoms with Gasteiger partial charge in [-0.2, -0.15) is 0 Å². The molecule has 1 aromatic rings. The Kier molecular flexibility index (Phi) is 5.42. The predicted molar refractivity (Wildman–Crippen MR) is 74.5 cm³/mol. The molecule has 0 aromatic heterocycles. The summed E-state index contributed by atoms with van der Waals surface area (Å²) in [7, 11) is -2.21. The highest BCUT2D eigenvalue weighted by atomic mass is 79.9. The Labute approximate surface area is 120 Å². The first-order chi connectivity index (χ1) is 8.31. The van der Waals surface area contributed by atoms with Gasteiger partial charge in [0.15, 0.2) is 0 Å². The zero-order valence-corrected chi connectivity index (χ0v) is 13.1. The molecule has 0 aliphatic heterocycles. The van der Waals surface area contributed by atoms with Gasteiger partial charge in [-0.15, -0.1) is 0 Å². The van der Waals surface area contributed by atoms with Gasteiger partial charge in [0, 0.05) is 17.1 Å². The van der Waals surface area contributed by atoms with Crippen molar-refractivity contribution in [3.05, 3.63) is 21.6 Å². The van der Waals surface area contributed by atoms with Crippen LogP contribution in [0.4, 0.5) is 0 Å². The summed E-state index contributed by atoms with van der Waals surface area (Å²) >= 11 is 9.10. The fourth-order valence-corrected chi connectivity index (χ4v) is 3.86. The fourth-order valence-electron chi connectivity index (χ4n) is 1.25. The van der Waals surface area contributed by atoms with E-state index in [1.807, 2.05) is 0 Å². The molecule has 1 rings (SSSR count). The summed E-state index contributed by atoms with van der Waals surface area (Å²) < 4.78 is 32.0. The average molecular weight is 358 g/mol. The summed E-state index contributed by atoms with van der Waals surface area (Å²) in [5.74, 6) is 0.398. The van der Waals surface area contributed by atoms with Crippen molar-refractivity contribution in [1.29, 1.82) is 0 Å². The molecule has 0 amide bonds. The van der Waals surface area contributed by atoms with E-state index in [1.165, 1.54) is 19.2 Å². The monoisotopic (exact) mass is 356 g/mol. The van der Waals surface area contributed by atoms with Crippen molar-refractivity contribution in [1.82, 2.24) is 4.72 Å². The third kappa shape index (κ3) is 3.58. The molecule has 0 saturated heterocycles. The van der Waals surface area contributed by atoms with Crippen LogP contribution in [-0.4, -0.2) is 28.1 Å². The lowest BCUT2D eigenvalue weighted by atomic mass is 10.3. The number of nitrogens with one attached hydrogen (secondary N) is 1. The molecular weight excluding hydrogens is 344 g/mol. The molecule has 5 nitrogen and oxygen atoms in total. The topological polar surface area (TPSA) is 81.4 Å². The lowest BCUT2D eigenvalue weighted by Gasteiger charge is -2.14. The van der Waals surface area contributed by atoms with Crippen LogP contribution in [-0.2, 0) is 10.0 Å². The first-order valence-electron chi connectivity index (χ1n) is 5.07. The van der Waals surface area contributed by atoms with Gasteiger partial charge in [-0.05, 0) is 35.0 Å². The van der Waals surface area contributed by atoms with Crippen LogP contribution in [0.1, 0.15) is 6.92 Å². The van der Waals surface area contributed by atoms with Gasteiger partial charge in [-0.25, -0.2) is 13.1 Å². The zero-order chi connectivity index (χ0) is 13.9. The molecule has 0 heterocycles. The molecule has 102 valence electrons. The Morgan fingerprint density at radius 1 is 1.56 bits per heavy atom. The second-order valence-electron chi connectivity index (χ2n) is 3.68. The Balaban J connectivity index is 3.21. The predicted octanol–water partition coefficient (Wildman–Crippen LogP) is 1.74. The highest BCUT2D eigenvalue weighted by Gasteiger charge is 2.21. The maximum Gasteiger partial charge on any atom is 0.242 e. The number of rotatable bonds is 5. The maximum absolute atomic E-state index is 12.1. The van der Waals surface area contributed by atoms with Crippen LogP contribution in [0.3, 0.4) is 0 Å². The van der Waals surface area contributed by atoms with Gasteiger partial charge in [0.1, 0.15) is 5.75 Å². The van der Waals surface area contributed by atoms with E-state index in [2.05, 4.69) is 20.7 Å². The van der Waals surface area contributed by atoms with Crippen molar-refractivity contribution in [2.45, 2.75) is 17.9 Å². The summed E-state index contributed by atoms with van der Waals surface area (Å²) in [4.78, 5) is 0.0496. The van der Waals surface area contributed by atoms with Gasteiger partial charge in [0.25, 0.3) is 0 Å². The van der Waals surface area contributed by atoms with Gasteiger partial charge in [0.05, 0.1) is 17.0 Å². The van der Waals surface area contributed by atoms with E-state index in [0.717, 1.165) is 0 Å². The van der Waals surface area contributed by atoms with E-state index in [-0.39, 0.29) is 22.5 Å². The Bertz CT molecular complexity index is 536. The lowest BCUT2D eigenvalue weighted by molar-refractivity contribution is 0.414. The molecule has 0 aliphatic carbocycles. The molecular formula is C10H14BrClN2O3S. The highest BCUT2D eigenvalue weighted by Crippen LogP contribution is 2.33. The minimum Gasteiger partial charge on any atom is -0.495 e. The van der Waals surface area contributed by atoms with Crippen LogP contribution in [0.5, 0.6) is 5.75 Å². The smallest absolute Gasteiger partial charge is 0.242 e. The minimum absolute atomic E-state index is 0.0496. The summed E-state index contributed by atoms with van der Waals surface area (Å²) in [5, 5.41) is 0.224. The molecule has 1 atom stereocenters. The van der Waals surface area contributed by atoms with Gasteiger partial charge in [-0.1, -0.05) is 11.6 Å². The first kappa shape index (κ1) is 15.7. The van der Waals surface area contributed by atoms with E-state index in [1.54, 1.807) is 6.92 Å². The number of halogens is 2. The van der Waals surface area contributed by atoms with Crippen molar-refractivity contribution in [2.24, 2.45) is 5.73 Å². The molecule has 0 bridgehead atoms.